The largest absolute Gasteiger partial charge is 0.382 e. The van der Waals surface area contributed by atoms with Crippen molar-refractivity contribution in [2.24, 2.45) is 0 Å². The normalized spacial score (nSPS) is 11.3. The summed E-state index contributed by atoms with van der Waals surface area (Å²) in [7, 11) is 0. The monoisotopic (exact) mass is 462 g/mol. The molecule has 2 heterocycles. The smallest absolute Gasteiger partial charge is 0.267 e. The Bertz CT molecular complexity index is 1680. The summed E-state index contributed by atoms with van der Waals surface area (Å²) in [5.74, 6) is 0.121. The number of aryl methyl sites for hydroxylation is 1. The van der Waals surface area contributed by atoms with E-state index in [0.29, 0.717) is 16.8 Å². The molecule has 0 spiro atoms. The van der Waals surface area contributed by atoms with Crippen LogP contribution in [-0.2, 0) is 0 Å². The second-order valence-electron chi connectivity index (χ2n) is 7.76. The van der Waals surface area contributed by atoms with Crippen LogP contribution in [0.5, 0.6) is 0 Å². The lowest BCUT2D eigenvalue weighted by atomic mass is 10.1. The number of anilines is 3. The minimum atomic E-state index is -0.690. The maximum atomic E-state index is 13.8. The molecule has 0 aliphatic carbocycles. The highest BCUT2D eigenvalue weighted by Crippen LogP contribution is 2.26. The zero-order valence-electron chi connectivity index (χ0n) is 18.7. The van der Waals surface area contributed by atoms with E-state index in [4.69, 9.17) is 11.5 Å². The average Bonchev–Trinajstić information content (AvgIpc) is 2.82. The average molecular weight is 462 g/mol. The van der Waals surface area contributed by atoms with Crippen molar-refractivity contribution in [1.29, 1.82) is 15.8 Å². The first kappa shape index (κ1) is 22.7. The van der Waals surface area contributed by atoms with Gasteiger partial charge in [0.25, 0.3) is 5.56 Å². The fourth-order valence-electron chi connectivity index (χ4n) is 3.82. The van der Waals surface area contributed by atoms with Gasteiger partial charge >= 0.3 is 0 Å². The van der Waals surface area contributed by atoms with E-state index < -0.39 is 11.6 Å². The summed E-state index contributed by atoms with van der Waals surface area (Å²) in [6.45, 7) is 3.52. The van der Waals surface area contributed by atoms with Gasteiger partial charge in [0, 0.05) is 0 Å². The summed E-state index contributed by atoms with van der Waals surface area (Å²) in [6.07, 6.45) is 0. The summed E-state index contributed by atoms with van der Waals surface area (Å²) in [6, 6.07) is 15.2. The van der Waals surface area contributed by atoms with Crippen molar-refractivity contribution in [3.8, 4) is 23.9 Å². The number of hydrogen-bond donors (Lipinski definition) is 3. The number of hydrogen-bond acceptors (Lipinski definition) is 10. The maximum absolute atomic E-state index is 13.8. The van der Waals surface area contributed by atoms with Crippen LogP contribution in [-0.4, -0.2) is 19.5 Å². The third kappa shape index (κ3) is 4.04. The molecule has 11 heteroatoms. The van der Waals surface area contributed by atoms with E-state index >= 15 is 0 Å². The molecule has 0 aliphatic heterocycles. The molecule has 170 valence electrons. The van der Waals surface area contributed by atoms with Crippen LogP contribution in [0.4, 0.5) is 17.6 Å². The lowest BCUT2D eigenvalue weighted by Crippen LogP contribution is -2.28. The van der Waals surface area contributed by atoms with Gasteiger partial charge in [-0.25, -0.2) is 4.98 Å². The van der Waals surface area contributed by atoms with E-state index in [1.807, 2.05) is 12.1 Å². The van der Waals surface area contributed by atoms with E-state index in [0.717, 1.165) is 5.56 Å². The minimum absolute atomic E-state index is 0.00479. The molecule has 2 aromatic heterocycles. The fourth-order valence-corrected chi connectivity index (χ4v) is 3.82. The van der Waals surface area contributed by atoms with E-state index in [1.54, 1.807) is 50.2 Å². The van der Waals surface area contributed by atoms with Gasteiger partial charge < -0.3 is 16.8 Å². The van der Waals surface area contributed by atoms with Crippen molar-refractivity contribution in [3.05, 3.63) is 74.8 Å². The molecule has 2 aromatic carbocycles. The molecule has 0 radical (unpaired) electrons. The van der Waals surface area contributed by atoms with Crippen LogP contribution in [0.15, 0.2) is 41.2 Å². The number of nitrogens with one attached hydrogen (secondary N) is 1. The van der Waals surface area contributed by atoms with E-state index in [1.165, 1.54) is 4.57 Å². The molecule has 0 saturated carbocycles. The Hall–Kier alpha value is -5.47. The van der Waals surface area contributed by atoms with Crippen LogP contribution in [0.1, 0.15) is 41.0 Å². The van der Waals surface area contributed by atoms with Crippen LogP contribution >= 0.6 is 0 Å². The van der Waals surface area contributed by atoms with Crippen molar-refractivity contribution in [2.45, 2.75) is 19.9 Å². The van der Waals surface area contributed by atoms with Crippen molar-refractivity contribution in [3.63, 3.8) is 0 Å². The van der Waals surface area contributed by atoms with Gasteiger partial charge in [-0.1, -0.05) is 6.07 Å². The van der Waals surface area contributed by atoms with Crippen LogP contribution in [0, 0.1) is 40.9 Å². The molecule has 35 heavy (non-hydrogen) atoms. The molecular formula is C24H18N10O. The molecule has 0 fully saturated rings. The second kappa shape index (κ2) is 8.81. The number of rotatable bonds is 4. The first-order valence-electron chi connectivity index (χ1n) is 10.3. The highest BCUT2D eigenvalue weighted by Gasteiger charge is 2.22. The van der Waals surface area contributed by atoms with Crippen molar-refractivity contribution in [2.75, 3.05) is 16.8 Å². The Morgan fingerprint density at radius 2 is 1.80 bits per heavy atom. The molecular weight excluding hydrogens is 444 g/mol. The second-order valence-corrected chi connectivity index (χ2v) is 7.76. The number of nitrogens with two attached hydrogens (primary N) is 2. The van der Waals surface area contributed by atoms with Crippen LogP contribution in [0.25, 0.3) is 16.6 Å². The zero-order valence-corrected chi connectivity index (χ0v) is 18.7. The highest BCUT2D eigenvalue weighted by atomic mass is 16.1. The first-order valence-corrected chi connectivity index (χ1v) is 10.3. The molecule has 0 saturated heterocycles. The molecule has 5 N–H and O–H groups in total. The standard InChI is InChI=1S/C24H18N10O/c1-12-6-14(9-25)8-16(7-12)34-22(31-18-5-3-4-15(10-26)19(18)23(34)35)13(2)30-21-17(11-27)20(28)32-24(29)33-21/h3-8,13H,1-2H3,(H5,28,29,30,32,33). The van der Waals surface area contributed by atoms with Crippen LogP contribution < -0.4 is 22.3 Å². The Morgan fingerprint density at radius 1 is 1.03 bits per heavy atom. The van der Waals surface area contributed by atoms with Gasteiger partial charge in [0.05, 0.1) is 39.8 Å². The Balaban J connectivity index is 2.02. The molecule has 1 atom stereocenters. The van der Waals surface area contributed by atoms with Gasteiger partial charge in [-0.2, -0.15) is 25.8 Å². The van der Waals surface area contributed by atoms with Crippen molar-refractivity contribution in [1.82, 2.24) is 19.5 Å². The third-order valence-electron chi connectivity index (χ3n) is 5.30. The SMILES string of the molecule is Cc1cc(C#N)cc(-n2c(C(C)Nc3nc(N)nc(N)c3C#N)nc3cccc(C#N)c3c2=O)c1. The number of fused-ring (bicyclic) bond motifs is 1. The van der Waals surface area contributed by atoms with Gasteiger partial charge in [-0.05, 0) is 49.7 Å². The van der Waals surface area contributed by atoms with E-state index in [-0.39, 0.29) is 39.9 Å². The first-order chi connectivity index (χ1) is 16.8. The van der Waals surface area contributed by atoms with Crippen LogP contribution in [0.2, 0.25) is 0 Å². The fraction of sp³-hybridized carbons (Fsp3) is 0.125. The van der Waals surface area contributed by atoms with Gasteiger partial charge in [-0.3, -0.25) is 9.36 Å². The Morgan fingerprint density at radius 3 is 2.49 bits per heavy atom. The molecule has 4 aromatic rings. The molecule has 0 amide bonds. The van der Waals surface area contributed by atoms with E-state index in [9.17, 15) is 20.6 Å². The minimum Gasteiger partial charge on any atom is -0.382 e. The summed E-state index contributed by atoms with van der Waals surface area (Å²) in [5, 5.41) is 31.8. The maximum Gasteiger partial charge on any atom is 0.267 e. The van der Waals surface area contributed by atoms with Gasteiger partial charge in [0.1, 0.15) is 29.3 Å². The van der Waals surface area contributed by atoms with Gasteiger partial charge in [0.2, 0.25) is 5.95 Å². The topological polar surface area (TPSA) is 196 Å². The third-order valence-corrected chi connectivity index (χ3v) is 5.30. The lowest BCUT2D eigenvalue weighted by Gasteiger charge is -2.21. The number of aromatic nitrogens is 4. The molecule has 0 aliphatic rings. The number of nitriles is 3. The Labute approximate surface area is 199 Å². The lowest BCUT2D eigenvalue weighted by molar-refractivity contribution is 0.730. The summed E-state index contributed by atoms with van der Waals surface area (Å²) >= 11 is 0. The van der Waals surface area contributed by atoms with Crippen molar-refractivity contribution < 1.29 is 0 Å². The van der Waals surface area contributed by atoms with Gasteiger partial charge in [-0.15, -0.1) is 0 Å². The quantitative estimate of drug-likeness (QED) is 0.405. The molecule has 11 nitrogen and oxygen atoms in total. The predicted molar refractivity (Wildman–Crippen MR) is 129 cm³/mol. The van der Waals surface area contributed by atoms with E-state index in [2.05, 4.69) is 26.3 Å². The summed E-state index contributed by atoms with van der Waals surface area (Å²) in [4.78, 5) is 26.3. The highest BCUT2D eigenvalue weighted by molar-refractivity contribution is 5.84. The Kier molecular flexibility index (Phi) is 5.72. The zero-order chi connectivity index (χ0) is 25.3. The molecule has 1 unspecified atom stereocenters. The summed E-state index contributed by atoms with van der Waals surface area (Å²) in [5.41, 5.74) is 13.1. The van der Waals surface area contributed by atoms with Gasteiger partial charge in [0.15, 0.2) is 5.82 Å². The molecule has 0 bridgehead atoms. The van der Waals surface area contributed by atoms with Crippen molar-refractivity contribution >= 4 is 28.5 Å². The number of nitrogens with zero attached hydrogens (tertiary/aromatic N) is 7. The molecule has 4 rings (SSSR count). The number of benzene rings is 2. The predicted octanol–water partition coefficient (Wildman–Crippen LogP) is 2.44. The summed E-state index contributed by atoms with van der Waals surface area (Å²) < 4.78 is 1.34. The van der Waals surface area contributed by atoms with Crippen LogP contribution in [0.3, 0.4) is 0 Å². The number of nitrogen functional groups attached to an aromatic ring is 2.